The Morgan fingerprint density at radius 2 is 2.20 bits per heavy atom. The zero-order valence-corrected chi connectivity index (χ0v) is 11.7. The highest BCUT2D eigenvalue weighted by Crippen LogP contribution is 2.16. The van der Waals surface area contributed by atoms with Gasteiger partial charge in [-0.05, 0) is 44.0 Å². The second-order valence-corrected chi connectivity index (χ2v) is 5.14. The topological polar surface area (TPSA) is 32.3 Å². The first-order valence-corrected chi connectivity index (χ1v) is 7.05. The van der Waals surface area contributed by atoms with E-state index in [1.165, 1.54) is 6.07 Å². The molecule has 0 saturated carbocycles. The molecule has 20 heavy (non-hydrogen) atoms. The van der Waals surface area contributed by atoms with Crippen molar-refractivity contribution >= 4 is 5.91 Å². The Balaban J connectivity index is 2.03. The van der Waals surface area contributed by atoms with Gasteiger partial charge in [0.25, 0.3) is 0 Å². The maximum atomic E-state index is 13.2. The van der Waals surface area contributed by atoms with Crippen LogP contribution in [0.2, 0.25) is 0 Å². The number of hydrogen-bond acceptors (Lipinski definition) is 2. The monoisotopic (exact) mass is 282 g/mol. The Labute approximate surface area is 118 Å². The number of nitrogens with one attached hydrogen (secondary N) is 1. The van der Waals surface area contributed by atoms with Crippen molar-refractivity contribution in [3.05, 3.63) is 35.4 Å². The maximum Gasteiger partial charge on any atom is 0.227 e. The van der Waals surface area contributed by atoms with Crippen LogP contribution in [0.4, 0.5) is 8.78 Å². The normalized spacial score (nSPS) is 18.9. The van der Waals surface area contributed by atoms with Crippen LogP contribution in [-0.4, -0.2) is 30.4 Å². The molecule has 1 aromatic carbocycles. The van der Waals surface area contributed by atoms with Crippen molar-refractivity contribution in [2.24, 2.45) is 5.92 Å². The van der Waals surface area contributed by atoms with Crippen LogP contribution < -0.4 is 5.32 Å². The van der Waals surface area contributed by atoms with Gasteiger partial charge in [0.1, 0.15) is 0 Å². The van der Waals surface area contributed by atoms with Gasteiger partial charge in [0.2, 0.25) is 5.91 Å². The Hall–Kier alpha value is -1.49. The molecule has 1 aliphatic heterocycles. The van der Waals surface area contributed by atoms with Gasteiger partial charge in [0.05, 0.1) is 5.92 Å². The lowest BCUT2D eigenvalue weighted by Gasteiger charge is -2.29. The predicted molar refractivity (Wildman–Crippen MR) is 73.0 cm³/mol. The van der Waals surface area contributed by atoms with Gasteiger partial charge in [0, 0.05) is 19.6 Å². The number of rotatable bonds is 4. The van der Waals surface area contributed by atoms with E-state index in [0.717, 1.165) is 31.5 Å². The van der Waals surface area contributed by atoms with Gasteiger partial charge in [-0.15, -0.1) is 0 Å². The molecule has 1 aliphatic rings. The molecular formula is C15H20F2N2O. The third-order valence-electron chi connectivity index (χ3n) is 3.70. The molecule has 1 N–H and O–H groups in total. The molecule has 0 bridgehead atoms. The molecule has 0 spiro atoms. The quantitative estimate of drug-likeness (QED) is 0.919. The Bertz CT molecular complexity index is 473. The number of hydrogen-bond donors (Lipinski definition) is 1. The summed E-state index contributed by atoms with van der Waals surface area (Å²) in [4.78, 5) is 14.1. The van der Waals surface area contributed by atoms with Crippen LogP contribution in [0.15, 0.2) is 18.2 Å². The van der Waals surface area contributed by atoms with Crippen LogP contribution in [0.1, 0.15) is 25.3 Å². The Morgan fingerprint density at radius 3 is 2.80 bits per heavy atom. The molecule has 1 aromatic rings. The number of nitrogens with zero attached hydrogens (tertiary/aromatic N) is 1. The minimum Gasteiger partial charge on any atom is -0.338 e. The van der Waals surface area contributed by atoms with E-state index in [-0.39, 0.29) is 11.8 Å². The summed E-state index contributed by atoms with van der Waals surface area (Å²) in [6.45, 7) is 4.44. The van der Waals surface area contributed by atoms with Gasteiger partial charge >= 0.3 is 0 Å². The predicted octanol–water partition coefficient (Wildman–Crippen LogP) is 2.31. The summed E-state index contributed by atoms with van der Waals surface area (Å²) in [5, 5.41) is 3.22. The summed E-state index contributed by atoms with van der Waals surface area (Å²) in [7, 11) is 0. The summed E-state index contributed by atoms with van der Waals surface area (Å²) in [5.74, 6) is -1.65. The van der Waals surface area contributed by atoms with Gasteiger partial charge in [-0.25, -0.2) is 8.78 Å². The van der Waals surface area contributed by atoms with Crippen molar-refractivity contribution in [1.82, 2.24) is 10.2 Å². The zero-order valence-electron chi connectivity index (χ0n) is 11.7. The van der Waals surface area contributed by atoms with E-state index in [1.54, 1.807) is 4.90 Å². The zero-order chi connectivity index (χ0) is 14.5. The third-order valence-corrected chi connectivity index (χ3v) is 3.70. The Kier molecular flexibility index (Phi) is 5.06. The molecule has 1 atom stereocenters. The van der Waals surface area contributed by atoms with E-state index >= 15 is 0 Å². The van der Waals surface area contributed by atoms with Crippen LogP contribution in [0.3, 0.4) is 0 Å². The van der Waals surface area contributed by atoms with E-state index in [0.29, 0.717) is 25.2 Å². The third kappa shape index (κ3) is 3.54. The fourth-order valence-corrected chi connectivity index (χ4v) is 2.52. The highest BCUT2D eigenvalue weighted by atomic mass is 19.2. The molecule has 0 aromatic heterocycles. The summed E-state index contributed by atoms with van der Waals surface area (Å²) >= 11 is 0. The first kappa shape index (κ1) is 14.9. The minimum absolute atomic E-state index is 0.00556. The number of carbonyl (C=O) groups excluding carboxylic acids is 1. The average Bonchev–Trinajstić information content (AvgIpc) is 2.48. The van der Waals surface area contributed by atoms with E-state index in [9.17, 15) is 13.6 Å². The fraction of sp³-hybridized carbons (Fsp3) is 0.533. The van der Waals surface area contributed by atoms with Crippen molar-refractivity contribution in [3.8, 4) is 0 Å². The number of benzene rings is 1. The lowest BCUT2D eigenvalue weighted by Crippen LogP contribution is -2.42. The second kappa shape index (κ2) is 6.79. The van der Waals surface area contributed by atoms with E-state index in [1.807, 2.05) is 6.92 Å². The van der Waals surface area contributed by atoms with Gasteiger partial charge in [-0.2, -0.15) is 0 Å². The number of halogens is 2. The van der Waals surface area contributed by atoms with E-state index in [4.69, 9.17) is 0 Å². The van der Waals surface area contributed by atoms with Gasteiger partial charge < -0.3 is 10.2 Å². The standard InChI is InChI=1S/C15H20F2N2O/c1-2-19(15(20)12-4-3-7-18-9-12)10-11-5-6-13(16)14(17)8-11/h5-6,8,12,18H,2-4,7,9-10H2,1H3. The lowest BCUT2D eigenvalue weighted by molar-refractivity contribution is -0.136. The van der Waals surface area contributed by atoms with Crippen LogP contribution in [0.25, 0.3) is 0 Å². The largest absolute Gasteiger partial charge is 0.338 e. The molecule has 110 valence electrons. The van der Waals surface area contributed by atoms with Gasteiger partial charge in [-0.3, -0.25) is 4.79 Å². The van der Waals surface area contributed by atoms with Crippen molar-refractivity contribution in [1.29, 1.82) is 0 Å². The molecule has 3 nitrogen and oxygen atoms in total. The summed E-state index contributed by atoms with van der Waals surface area (Å²) < 4.78 is 26.1. The molecular weight excluding hydrogens is 262 g/mol. The molecule has 1 unspecified atom stereocenters. The molecule has 1 fully saturated rings. The van der Waals surface area contributed by atoms with Crippen LogP contribution in [0.5, 0.6) is 0 Å². The average molecular weight is 282 g/mol. The van der Waals surface area contributed by atoms with Gasteiger partial charge in [-0.1, -0.05) is 6.07 Å². The minimum atomic E-state index is -0.870. The molecule has 1 saturated heterocycles. The maximum absolute atomic E-state index is 13.2. The van der Waals surface area contributed by atoms with Crippen molar-refractivity contribution < 1.29 is 13.6 Å². The van der Waals surface area contributed by atoms with Crippen molar-refractivity contribution in [2.75, 3.05) is 19.6 Å². The highest BCUT2D eigenvalue weighted by Gasteiger charge is 2.25. The number of piperidine rings is 1. The van der Waals surface area contributed by atoms with Crippen molar-refractivity contribution in [3.63, 3.8) is 0 Å². The molecule has 0 aliphatic carbocycles. The number of amides is 1. The van der Waals surface area contributed by atoms with Crippen LogP contribution in [-0.2, 0) is 11.3 Å². The summed E-state index contributed by atoms with van der Waals surface area (Å²) in [6.07, 6.45) is 1.89. The SMILES string of the molecule is CCN(Cc1ccc(F)c(F)c1)C(=O)C1CCCNC1. The lowest BCUT2D eigenvalue weighted by atomic mass is 9.98. The summed E-state index contributed by atoms with van der Waals surface area (Å²) in [6, 6.07) is 3.78. The second-order valence-electron chi connectivity index (χ2n) is 5.14. The first-order valence-electron chi connectivity index (χ1n) is 7.05. The van der Waals surface area contributed by atoms with E-state index < -0.39 is 11.6 Å². The van der Waals surface area contributed by atoms with Crippen molar-refractivity contribution in [2.45, 2.75) is 26.3 Å². The smallest absolute Gasteiger partial charge is 0.227 e. The molecule has 0 radical (unpaired) electrons. The Morgan fingerprint density at radius 1 is 1.40 bits per heavy atom. The number of carbonyl (C=O) groups is 1. The molecule has 1 heterocycles. The fourth-order valence-electron chi connectivity index (χ4n) is 2.52. The molecule has 1 amide bonds. The highest BCUT2D eigenvalue weighted by molar-refractivity contribution is 5.79. The molecule has 2 rings (SSSR count). The van der Waals surface area contributed by atoms with E-state index in [2.05, 4.69) is 5.32 Å². The van der Waals surface area contributed by atoms with Gasteiger partial charge in [0.15, 0.2) is 11.6 Å². The summed E-state index contributed by atoms with van der Waals surface area (Å²) in [5.41, 5.74) is 0.614. The van der Waals surface area contributed by atoms with Crippen LogP contribution >= 0.6 is 0 Å². The van der Waals surface area contributed by atoms with Crippen LogP contribution in [0, 0.1) is 17.6 Å². The molecule has 5 heteroatoms. The first-order chi connectivity index (χ1) is 9.61.